The molecule has 0 spiro atoms. The lowest BCUT2D eigenvalue weighted by molar-refractivity contribution is -0.112. The molecule has 0 aromatic rings. The van der Waals surface area contributed by atoms with E-state index in [9.17, 15) is 4.79 Å². The molecule has 1 N–H and O–H groups in total. The average molecular weight is 143 g/mol. The molecule has 0 aromatic heterocycles. The molecule has 0 saturated heterocycles. The van der Waals surface area contributed by atoms with E-state index in [4.69, 9.17) is 0 Å². The van der Waals surface area contributed by atoms with Crippen LogP contribution in [0.15, 0.2) is 0 Å². The first-order valence-corrected chi connectivity index (χ1v) is 3.82. The van der Waals surface area contributed by atoms with Crippen molar-refractivity contribution in [3.63, 3.8) is 0 Å². The number of nitrogens with one attached hydrogen (secondary N) is 1. The average Bonchev–Trinajstić information content (AvgIpc) is 1.89. The maximum atomic E-state index is 10.4. The first-order valence-electron chi connectivity index (χ1n) is 3.82. The Labute approximate surface area is 63.0 Å². The Bertz CT molecular complexity index is 91.3. The maximum Gasteiger partial charge on any atom is 0.123 e. The Balaban J connectivity index is 3.50. The molecule has 0 amide bonds. The fraction of sp³-hybridized carbons (Fsp3) is 0.875. The largest absolute Gasteiger partial charge is 0.320 e. The van der Waals surface area contributed by atoms with E-state index in [1.807, 2.05) is 7.05 Å². The van der Waals surface area contributed by atoms with Gasteiger partial charge in [0.05, 0.1) is 0 Å². The third-order valence-corrected chi connectivity index (χ3v) is 1.76. The molecule has 1 unspecified atom stereocenters. The van der Waals surface area contributed by atoms with Gasteiger partial charge in [0.1, 0.15) is 6.29 Å². The summed E-state index contributed by atoms with van der Waals surface area (Å²) >= 11 is 0. The molecule has 60 valence electrons. The summed E-state index contributed by atoms with van der Waals surface area (Å²) in [5.41, 5.74) is 0. The molecule has 2 nitrogen and oxygen atoms in total. The number of carbonyl (C=O) groups excluding carboxylic acids is 1. The van der Waals surface area contributed by atoms with Crippen molar-refractivity contribution in [2.45, 2.75) is 20.3 Å². The van der Waals surface area contributed by atoms with Gasteiger partial charge >= 0.3 is 0 Å². The Morgan fingerprint density at radius 3 is 2.40 bits per heavy atom. The molecular formula is C8H17NO. The summed E-state index contributed by atoms with van der Waals surface area (Å²) in [4.78, 5) is 10.4. The Hall–Kier alpha value is -0.370. The number of hydrogen-bond acceptors (Lipinski definition) is 2. The van der Waals surface area contributed by atoms with Crippen molar-refractivity contribution in [3.05, 3.63) is 0 Å². The first kappa shape index (κ1) is 9.63. The zero-order valence-corrected chi connectivity index (χ0v) is 7.05. The molecule has 0 aliphatic carbocycles. The molecule has 0 bridgehead atoms. The van der Waals surface area contributed by atoms with Gasteiger partial charge in [-0.05, 0) is 25.9 Å². The van der Waals surface area contributed by atoms with E-state index in [0.717, 1.165) is 19.3 Å². The molecule has 0 rings (SSSR count). The number of hydrogen-bond donors (Lipinski definition) is 1. The summed E-state index contributed by atoms with van der Waals surface area (Å²) in [6.07, 6.45) is 2.01. The lowest BCUT2D eigenvalue weighted by atomic mass is 9.94. The molecule has 0 aliphatic heterocycles. The second kappa shape index (κ2) is 5.42. The van der Waals surface area contributed by atoms with Crippen LogP contribution in [-0.4, -0.2) is 19.9 Å². The van der Waals surface area contributed by atoms with Crippen molar-refractivity contribution in [1.29, 1.82) is 0 Å². The molecule has 0 heterocycles. The fourth-order valence-electron chi connectivity index (χ4n) is 0.870. The molecule has 2 heteroatoms. The van der Waals surface area contributed by atoms with E-state index in [1.165, 1.54) is 0 Å². The standard InChI is InChI=1S/C8H17NO/c1-7(2)8(6-10)4-5-9-3/h6-9H,4-5H2,1-3H3. The van der Waals surface area contributed by atoms with E-state index in [2.05, 4.69) is 19.2 Å². The smallest absolute Gasteiger partial charge is 0.123 e. The molecule has 10 heavy (non-hydrogen) atoms. The monoisotopic (exact) mass is 143 g/mol. The fourth-order valence-corrected chi connectivity index (χ4v) is 0.870. The van der Waals surface area contributed by atoms with Crippen LogP contribution >= 0.6 is 0 Å². The van der Waals surface area contributed by atoms with Crippen molar-refractivity contribution in [2.24, 2.45) is 11.8 Å². The third-order valence-electron chi connectivity index (χ3n) is 1.76. The van der Waals surface area contributed by atoms with E-state index in [-0.39, 0.29) is 5.92 Å². The molecule has 0 saturated carbocycles. The minimum atomic E-state index is 0.229. The van der Waals surface area contributed by atoms with Crippen molar-refractivity contribution < 1.29 is 4.79 Å². The van der Waals surface area contributed by atoms with Crippen LogP contribution in [-0.2, 0) is 4.79 Å². The van der Waals surface area contributed by atoms with Crippen molar-refractivity contribution in [2.75, 3.05) is 13.6 Å². The summed E-state index contributed by atoms with van der Waals surface area (Å²) in [5, 5.41) is 3.03. The van der Waals surface area contributed by atoms with Gasteiger partial charge < -0.3 is 10.1 Å². The van der Waals surface area contributed by atoms with Crippen LogP contribution in [0.2, 0.25) is 0 Å². The van der Waals surface area contributed by atoms with Gasteiger partial charge in [-0.15, -0.1) is 0 Å². The van der Waals surface area contributed by atoms with Gasteiger partial charge in [-0.1, -0.05) is 13.8 Å². The number of rotatable bonds is 5. The van der Waals surface area contributed by atoms with Crippen molar-refractivity contribution in [3.8, 4) is 0 Å². The predicted octanol–water partition coefficient (Wildman–Crippen LogP) is 1.07. The zero-order chi connectivity index (χ0) is 7.98. The molecule has 0 radical (unpaired) electrons. The van der Waals surface area contributed by atoms with E-state index in [0.29, 0.717) is 5.92 Å². The van der Waals surface area contributed by atoms with Gasteiger partial charge in [0.25, 0.3) is 0 Å². The van der Waals surface area contributed by atoms with Gasteiger partial charge in [-0.3, -0.25) is 0 Å². The second-order valence-corrected chi connectivity index (χ2v) is 2.94. The maximum absolute atomic E-state index is 10.4. The zero-order valence-electron chi connectivity index (χ0n) is 7.05. The molecule has 1 atom stereocenters. The van der Waals surface area contributed by atoms with Crippen molar-refractivity contribution in [1.82, 2.24) is 5.32 Å². The highest BCUT2D eigenvalue weighted by Gasteiger charge is 2.10. The first-order chi connectivity index (χ1) is 4.72. The SMILES string of the molecule is CNCCC(C=O)C(C)C. The van der Waals surface area contributed by atoms with Crippen LogP contribution in [0.3, 0.4) is 0 Å². The topological polar surface area (TPSA) is 29.1 Å². The van der Waals surface area contributed by atoms with E-state index < -0.39 is 0 Å². The van der Waals surface area contributed by atoms with Crippen LogP contribution in [0.4, 0.5) is 0 Å². The van der Waals surface area contributed by atoms with Crippen LogP contribution in [0.5, 0.6) is 0 Å². The van der Waals surface area contributed by atoms with E-state index >= 15 is 0 Å². The van der Waals surface area contributed by atoms with Gasteiger partial charge in [0, 0.05) is 5.92 Å². The highest BCUT2D eigenvalue weighted by molar-refractivity contribution is 5.53. The highest BCUT2D eigenvalue weighted by atomic mass is 16.1. The molecule has 0 aromatic carbocycles. The third kappa shape index (κ3) is 3.62. The molecular weight excluding hydrogens is 126 g/mol. The van der Waals surface area contributed by atoms with E-state index in [1.54, 1.807) is 0 Å². The molecule has 0 aliphatic rings. The minimum Gasteiger partial charge on any atom is -0.320 e. The van der Waals surface area contributed by atoms with Crippen LogP contribution < -0.4 is 5.32 Å². The Morgan fingerprint density at radius 1 is 1.50 bits per heavy atom. The van der Waals surface area contributed by atoms with Crippen LogP contribution in [0.25, 0.3) is 0 Å². The van der Waals surface area contributed by atoms with Gasteiger partial charge in [0.15, 0.2) is 0 Å². The predicted molar refractivity (Wildman–Crippen MR) is 42.9 cm³/mol. The van der Waals surface area contributed by atoms with Crippen LogP contribution in [0, 0.1) is 11.8 Å². The summed E-state index contributed by atoms with van der Waals surface area (Å²) in [5.74, 6) is 0.707. The molecule has 0 fully saturated rings. The summed E-state index contributed by atoms with van der Waals surface area (Å²) in [7, 11) is 1.90. The summed E-state index contributed by atoms with van der Waals surface area (Å²) < 4.78 is 0. The lowest BCUT2D eigenvalue weighted by Crippen LogP contribution is -2.17. The Kier molecular flexibility index (Phi) is 5.22. The summed E-state index contributed by atoms with van der Waals surface area (Å²) in [6, 6.07) is 0. The minimum absolute atomic E-state index is 0.229. The summed E-state index contributed by atoms with van der Waals surface area (Å²) in [6.45, 7) is 5.09. The second-order valence-electron chi connectivity index (χ2n) is 2.94. The Morgan fingerprint density at radius 2 is 2.10 bits per heavy atom. The number of aldehydes is 1. The van der Waals surface area contributed by atoms with Crippen LogP contribution in [0.1, 0.15) is 20.3 Å². The quantitative estimate of drug-likeness (QED) is 0.583. The van der Waals surface area contributed by atoms with Gasteiger partial charge in [0.2, 0.25) is 0 Å². The lowest BCUT2D eigenvalue weighted by Gasteiger charge is -2.12. The normalized spacial score (nSPS) is 13.6. The highest BCUT2D eigenvalue weighted by Crippen LogP contribution is 2.10. The van der Waals surface area contributed by atoms with Gasteiger partial charge in [-0.25, -0.2) is 0 Å². The van der Waals surface area contributed by atoms with Crippen molar-refractivity contribution >= 4 is 6.29 Å². The number of carbonyl (C=O) groups is 1. The van der Waals surface area contributed by atoms with Gasteiger partial charge in [-0.2, -0.15) is 0 Å².